The number of rotatable bonds is 5. The first-order valence-corrected chi connectivity index (χ1v) is 9.07. The van der Waals surface area contributed by atoms with Gasteiger partial charge in [-0.25, -0.2) is 4.79 Å². The molecule has 6 heteroatoms. The molecule has 25 heavy (non-hydrogen) atoms. The molecule has 2 fully saturated rings. The van der Waals surface area contributed by atoms with Crippen LogP contribution in [0.5, 0.6) is 0 Å². The summed E-state index contributed by atoms with van der Waals surface area (Å²) in [6, 6.07) is 8.24. The van der Waals surface area contributed by atoms with Crippen LogP contribution in [0.3, 0.4) is 0 Å². The molecule has 1 aliphatic heterocycles. The Hall–Kier alpha value is -2.50. The van der Waals surface area contributed by atoms with E-state index in [2.05, 4.69) is 34.4 Å². The highest BCUT2D eigenvalue weighted by molar-refractivity contribution is 5.92. The third kappa shape index (κ3) is 3.34. The van der Waals surface area contributed by atoms with Crippen molar-refractivity contribution in [1.29, 1.82) is 0 Å². The molecule has 6 nitrogen and oxygen atoms in total. The third-order valence-electron chi connectivity index (χ3n) is 5.15. The highest BCUT2D eigenvalue weighted by Gasteiger charge is 2.39. The van der Waals surface area contributed by atoms with Gasteiger partial charge >= 0.3 is 6.03 Å². The fourth-order valence-corrected chi connectivity index (χ4v) is 3.63. The van der Waals surface area contributed by atoms with E-state index in [9.17, 15) is 9.59 Å². The van der Waals surface area contributed by atoms with Crippen molar-refractivity contribution in [2.24, 2.45) is 5.92 Å². The van der Waals surface area contributed by atoms with Crippen molar-refractivity contribution < 1.29 is 9.59 Å². The van der Waals surface area contributed by atoms with E-state index in [1.54, 1.807) is 0 Å². The van der Waals surface area contributed by atoms with E-state index in [0.717, 1.165) is 42.5 Å². The summed E-state index contributed by atoms with van der Waals surface area (Å²) < 4.78 is 2.15. The monoisotopic (exact) mass is 340 g/mol. The smallest absolute Gasteiger partial charge is 0.319 e. The molecule has 1 saturated heterocycles. The Morgan fingerprint density at radius 3 is 2.88 bits per heavy atom. The predicted molar refractivity (Wildman–Crippen MR) is 97.5 cm³/mol. The molecule has 1 aromatic carbocycles. The minimum Gasteiger partial charge on any atom is -0.348 e. The highest BCUT2D eigenvalue weighted by Crippen LogP contribution is 2.32. The van der Waals surface area contributed by atoms with Crippen molar-refractivity contribution in [3.05, 3.63) is 30.5 Å². The Bertz CT molecular complexity index is 809. The number of aromatic nitrogens is 1. The number of hydrogen-bond acceptors (Lipinski definition) is 2. The molecule has 1 unspecified atom stereocenters. The van der Waals surface area contributed by atoms with Crippen LogP contribution >= 0.6 is 0 Å². The highest BCUT2D eigenvalue weighted by atomic mass is 16.2. The summed E-state index contributed by atoms with van der Waals surface area (Å²) in [5.41, 5.74) is 1.89. The molecule has 0 spiro atoms. The summed E-state index contributed by atoms with van der Waals surface area (Å²) in [5.74, 6) is 0.458. The average Bonchev–Trinajstić information content (AvgIpc) is 3.26. The van der Waals surface area contributed by atoms with Gasteiger partial charge in [0.2, 0.25) is 5.91 Å². The van der Waals surface area contributed by atoms with Crippen molar-refractivity contribution >= 4 is 28.5 Å². The zero-order chi connectivity index (χ0) is 17.4. The molecule has 0 bridgehead atoms. The molecule has 2 N–H and O–H groups in total. The zero-order valence-electron chi connectivity index (χ0n) is 14.5. The molecule has 2 heterocycles. The topological polar surface area (TPSA) is 66.4 Å². The van der Waals surface area contributed by atoms with E-state index in [0.29, 0.717) is 19.0 Å². The normalized spacial score (nSPS) is 20.3. The van der Waals surface area contributed by atoms with Crippen LogP contribution in [-0.4, -0.2) is 40.5 Å². The van der Waals surface area contributed by atoms with Crippen molar-refractivity contribution in [2.75, 3.05) is 18.4 Å². The number of amides is 3. The minimum atomic E-state index is -0.216. The van der Waals surface area contributed by atoms with Crippen molar-refractivity contribution in [3.63, 3.8) is 0 Å². The molecule has 4 rings (SSSR count). The minimum absolute atomic E-state index is 0.216. The Labute approximate surface area is 147 Å². The quantitative estimate of drug-likeness (QED) is 0.879. The van der Waals surface area contributed by atoms with Crippen LogP contribution in [0.4, 0.5) is 10.5 Å². The number of carbonyl (C=O) groups is 2. The molecule has 1 aliphatic carbocycles. The second kappa shape index (κ2) is 6.43. The Morgan fingerprint density at radius 1 is 1.28 bits per heavy atom. The lowest BCUT2D eigenvalue weighted by Crippen LogP contribution is -2.34. The number of urea groups is 1. The molecule has 0 radical (unpaired) electrons. The van der Waals surface area contributed by atoms with Gasteiger partial charge in [-0.15, -0.1) is 0 Å². The van der Waals surface area contributed by atoms with E-state index in [4.69, 9.17) is 0 Å². The largest absolute Gasteiger partial charge is 0.348 e. The lowest BCUT2D eigenvalue weighted by atomic mass is 10.1. The van der Waals surface area contributed by atoms with Gasteiger partial charge in [0.25, 0.3) is 0 Å². The number of fused-ring (bicyclic) bond motifs is 1. The summed E-state index contributed by atoms with van der Waals surface area (Å²) in [6.07, 6.45) is 4.87. The maximum Gasteiger partial charge on any atom is 0.319 e. The standard InChI is InChI=1S/C19H24N4O2/c1-2-22-8-7-14-3-4-15(10-17(14)22)21-19(25)20-11-13-9-18(24)23(12-13)16-5-6-16/h3-4,7-8,10,13,16H,2,5-6,9,11-12H2,1H3,(H2,20,21,25). The lowest BCUT2D eigenvalue weighted by Gasteiger charge is -2.16. The number of anilines is 1. The van der Waals surface area contributed by atoms with E-state index >= 15 is 0 Å². The summed E-state index contributed by atoms with van der Waals surface area (Å²) >= 11 is 0. The molecule has 1 saturated carbocycles. The fourth-order valence-electron chi connectivity index (χ4n) is 3.63. The second-order valence-corrected chi connectivity index (χ2v) is 7.06. The number of hydrogen-bond donors (Lipinski definition) is 2. The van der Waals surface area contributed by atoms with Crippen LogP contribution in [0.1, 0.15) is 26.2 Å². The van der Waals surface area contributed by atoms with Crippen molar-refractivity contribution in [3.8, 4) is 0 Å². The third-order valence-corrected chi connectivity index (χ3v) is 5.15. The Morgan fingerprint density at radius 2 is 2.12 bits per heavy atom. The molecular formula is C19H24N4O2. The maximum absolute atomic E-state index is 12.2. The SMILES string of the molecule is CCn1ccc2ccc(NC(=O)NCC3CC(=O)N(C4CC4)C3)cc21. The summed E-state index contributed by atoms with van der Waals surface area (Å²) in [7, 11) is 0. The van der Waals surface area contributed by atoms with Gasteiger partial charge in [-0.05, 0) is 43.4 Å². The van der Waals surface area contributed by atoms with Crippen LogP contribution in [0, 0.1) is 5.92 Å². The van der Waals surface area contributed by atoms with Crippen molar-refractivity contribution in [1.82, 2.24) is 14.8 Å². The summed E-state index contributed by atoms with van der Waals surface area (Å²) in [4.78, 5) is 26.1. The number of likely N-dealkylation sites (tertiary alicyclic amines) is 1. The summed E-state index contributed by atoms with van der Waals surface area (Å²) in [6.45, 7) is 4.31. The van der Waals surface area contributed by atoms with Crippen LogP contribution in [0.25, 0.3) is 10.9 Å². The number of benzene rings is 1. The Kier molecular flexibility index (Phi) is 4.11. The van der Waals surface area contributed by atoms with Gasteiger partial charge < -0.3 is 20.1 Å². The number of aryl methyl sites for hydroxylation is 1. The first-order chi connectivity index (χ1) is 12.1. The molecule has 2 aliphatic rings. The molecular weight excluding hydrogens is 316 g/mol. The second-order valence-electron chi connectivity index (χ2n) is 7.06. The molecule has 132 valence electrons. The molecule has 3 amide bonds. The molecule has 2 aromatic rings. The van der Waals surface area contributed by atoms with Gasteiger partial charge in [0, 0.05) is 49.9 Å². The molecule has 1 aromatic heterocycles. The van der Waals surface area contributed by atoms with E-state index in [1.807, 2.05) is 23.1 Å². The first kappa shape index (κ1) is 16.0. The van der Waals surface area contributed by atoms with Crippen LogP contribution in [0.2, 0.25) is 0 Å². The van der Waals surface area contributed by atoms with Crippen LogP contribution in [-0.2, 0) is 11.3 Å². The zero-order valence-corrected chi connectivity index (χ0v) is 14.5. The van der Waals surface area contributed by atoms with E-state index in [1.165, 1.54) is 0 Å². The van der Waals surface area contributed by atoms with E-state index in [-0.39, 0.29) is 17.9 Å². The van der Waals surface area contributed by atoms with Gasteiger partial charge in [-0.3, -0.25) is 4.79 Å². The maximum atomic E-state index is 12.2. The van der Waals surface area contributed by atoms with Crippen molar-refractivity contribution in [2.45, 2.75) is 38.8 Å². The first-order valence-electron chi connectivity index (χ1n) is 9.07. The van der Waals surface area contributed by atoms with E-state index < -0.39 is 0 Å². The van der Waals surface area contributed by atoms with Crippen LogP contribution < -0.4 is 10.6 Å². The van der Waals surface area contributed by atoms with Gasteiger partial charge in [-0.1, -0.05) is 6.07 Å². The van der Waals surface area contributed by atoms with Gasteiger partial charge in [0.05, 0.1) is 5.52 Å². The van der Waals surface area contributed by atoms with Crippen LogP contribution in [0.15, 0.2) is 30.5 Å². The number of nitrogens with zero attached hydrogens (tertiary/aromatic N) is 2. The molecule has 1 atom stereocenters. The fraction of sp³-hybridized carbons (Fsp3) is 0.474. The predicted octanol–water partition coefficient (Wildman–Crippen LogP) is 2.79. The number of nitrogens with one attached hydrogen (secondary N) is 2. The number of carbonyl (C=O) groups excluding carboxylic acids is 2. The van der Waals surface area contributed by atoms with Gasteiger partial charge in [-0.2, -0.15) is 0 Å². The van der Waals surface area contributed by atoms with Gasteiger partial charge in [0.15, 0.2) is 0 Å². The summed E-state index contributed by atoms with van der Waals surface area (Å²) in [5, 5.41) is 6.97. The Balaban J connectivity index is 1.32. The van der Waals surface area contributed by atoms with Gasteiger partial charge in [0.1, 0.15) is 0 Å². The lowest BCUT2D eigenvalue weighted by molar-refractivity contribution is -0.128. The average molecular weight is 340 g/mol.